The predicted molar refractivity (Wildman–Crippen MR) is 77.8 cm³/mol. The maximum atomic E-state index is 11.9. The van der Waals surface area contributed by atoms with Gasteiger partial charge in [-0.15, -0.1) is 0 Å². The standard InChI is InChI=1S/C14H20N2O3S/c1-10(16-8-4-3-5-12(16)17)9-15-14(18)11-6-7-13(19-11)20-2/h6-7,10H,3-5,8-9H2,1-2H3,(H,15,18)/t10-/m0/s1. The SMILES string of the molecule is CSc1ccc(C(=O)NC[C@H](C)N2CCCCC2=O)o1. The Morgan fingerprint density at radius 3 is 2.95 bits per heavy atom. The number of carbonyl (C=O) groups excluding carboxylic acids is 2. The van der Waals surface area contributed by atoms with Crippen LogP contribution in [0.1, 0.15) is 36.7 Å². The molecular weight excluding hydrogens is 276 g/mol. The Balaban J connectivity index is 1.84. The third-order valence-corrected chi connectivity index (χ3v) is 4.08. The van der Waals surface area contributed by atoms with Crippen LogP contribution in [-0.4, -0.2) is 42.1 Å². The first-order valence-corrected chi connectivity index (χ1v) is 8.06. The average Bonchev–Trinajstić information content (AvgIpc) is 2.94. The molecular formula is C14H20N2O3S. The van der Waals surface area contributed by atoms with E-state index in [0.29, 0.717) is 18.7 Å². The second kappa shape index (κ2) is 6.83. The van der Waals surface area contributed by atoms with Gasteiger partial charge in [-0.3, -0.25) is 9.59 Å². The molecule has 1 N–H and O–H groups in total. The summed E-state index contributed by atoms with van der Waals surface area (Å²) in [6.07, 6.45) is 4.52. The van der Waals surface area contributed by atoms with E-state index in [0.717, 1.165) is 24.5 Å². The van der Waals surface area contributed by atoms with E-state index < -0.39 is 0 Å². The lowest BCUT2D eigenvalue weighted by molar-refractivity contribution is -0.135. The zero-order valence-electron chi connectivity index (χ0n) is 11.8. The first-order chi connectivity index (χ1) is 9.61. The fourth-order valence-electron chi connectivity index (χ4n) is 2.28. The van der Waals surface area contributed by atoms with Crippen molar-refractivity contribution in [2.75, 3.05) is 19.3 Å². The van der Waals surface area contributed by atoms with Gasteiger partial charge in [0.05, 0.1) is 0 Å². The summed E-state index contributed by atoms with van der Waals surface area (Å²) in [5.74, 6) is 0.258. The molecule has 1 aromatic heterocycles. The van der Waals surface area contributed by atoms with Crippen molar-refractivity contribution < 1.29 is 14.0 Å². The lowest BCUT2D eigenvalue weighted by atomic mass is 10.1. The number of hydrogen-bond donors (Lipinski definition) is 1. The maximum Gasteiger partial charge on any atom is 0.287 e. The Kier molecular flexibility index (Phi) is 5.11. The van der Waals surface area contributed by atoms with E-state index in [1.807, 2.05) is 18.1 Å². The summed E-state index contributed by atoms with van der Waals surface area (Å²) in [6, 6.07) is 3.46. The molecule has 6 heteroatoms. The molecule has 0 aliphatic carbocycles. The Morgan fingerprint density at radius 1 is 1.50 bits per heavy atom. The number of likely N-dealkylation sites (tertiary alicyclic amines) is 1. The topological polar surface area (TPSA) is 62.6 Å². The predicted octanol–water partition coefficient (Wildman–Crippen LogP) is 2.13. The second-order valence-electron chi connectivity index (χ2n) is 4.93. The quantitative estimate of drug-likeness (QED) is 0.846. The number of nitrogens with zero attached hydrogens (tertiary/aromatic N) is 1. The molecule has 0 spiro atoms. The minimum atomic E-state index is -0.235. The molecule has 0 radical (unpaired) electrons. The van der Waals surface area contributed by atoms with E-state index in [2.05, 4.69) is 5.32 Å². The molecule has 1 aliphatic heterocycles. The van der Waals surface area contributed by atoms with Gasteiger partial charge < -0.3 is 14.6 Å². The Hall–Kier alpha value is -1.43. The van der Waals surface area contributed by atoms with Gasteiger partial charge in [0.1, 0.15) is 0 Å². The van der Waals surface area contributed by atoms with Crippen molar-refractivity contribution in [3.63, 3.8) is 0 Å². The maximum absolute atomic E-state index is 11.9. The van der Waals surface area contributed by atoms with Gasteiger partial charge in [0.25, 0.3) is 5.91 Å². The van der Waals surface area contributed by atoms with Gasteiger partial charge >= 0.3 is 0 Å². The van der Waals surface area contributed by atoms with E-state index in [4.69, 9.17) is 4.42 Å². The zero-order valence-corrected chi connectivity index (χ0v) is 12.7. The van der Waals surface area contributed by atoms with Crippen LogP contribution >= 0.6 is 11.8 Å². The molecule has 20 heavy (non-hydrogen) atoms. The van der Waals surface area contributed by atoms with E-state index in [1.165, 1.54) is 11.8 Å². The summed E-state index contributed by atoms with van der Waals surface area (Å²) in [5, 5.41) is 3.54. The molecule has 0 aromatic carbocycles. The summed E-state index contributed by atoms with van der Waals surface area (Å²) in [5.41, 5.74) is 0. The third kappa shape index (κ3) is 3.56. The van der Waals surface area contributed by atoms with Gasteiger partial charge in [-0.2, -0.15) is 0 Å². The number of piperidine rings is 1. The van der Waals surface area contributed by atoms with Crippen LogP contribution in [0.25, 0.3) is 0 Å². The minimum absolute atomic E-state index is 0.0155. The van der Waals surface area contributed by atoms with Crippen LogP contribution in [0.5, 0.6) is 0 Å². The zero-order chi connectivity index (χ0) is 14.5. The second-order valence-corrected chi connectivity index (χ2v) is 5.74. The van der Waals surface area contributed by atoms with Crippen LogP contribution < -0.4 is 5.32 Å². The van der Waals surface area contributed by atoms with Gasteiger partial charge in [-0.25, -0.2) is 0 Å². The highest BCUT2D eigenvalue weighted by Gasteiger charge is 2.23. The highest BCUT2D eigenvalue weighted by atomic mass is 32.2. The summed E-state index contributed by atoms with van der Waals surface area (Å²) in [6.45, 7) is 3.19. The Labute approximate surface area is 123 Å². The van der Waals surface area contributed by atoms with Gasteiger partial charge in [0.15, 0.2) is 10.9 Å². The first-order valence-electron chi connectivity index (χ1n) is 6.83. The van der Waals surface area contributed by atoms with Gasteiger partial charge in [-0.1, -0.05) is 11.8 Å². The molecule has 1 atom stereocenters. The molecule has 1 aliphatic rings. The van der Waals surface area contributed by atoms with Crippen molar-refractivity contribution in [1.29, 1.82) is 0 Å². The molecule has 1 fully saturated rings. The molecule has 5 nitrogen and oxygen atoms in total. The van der Waals surface area contributed by atoms with Crippen molar-refractivity contribution in [1.82, 2.24) is 10.2 Å². The summed E-state index contributed by atoms with van der Waals surface area (Å²) in [4.78, 5) is 25.6. The number of carbonyl (C=O) groups is 2. The van der Waals surface area contributed by atoms with Crippen LogP contribution in [-0.2, 0) is 4.79 Å². The smallest absolute Gasteiger partial charge is 0.287 e. The molecule has 110 valence electrons. The van der Waals surface area contributed by atoms with Gasteiger partial charge in [0.2, 0.25) is 5.91 Å². The normalized spacial score (nSPS) is 17.1. The summed E-state index contributed by atoms with van der Waals surface area (Å²) < 4.78 is 5.36. The molecule has 1 saturated heterocycles. The van der Waals surface area contributed by atoms with Crippen molar-refractivity contribution in [3.8, 4) is 0 Å². The Bertz CT molecular complexity index is 487. The number of nitrogens with one attached hydrogen (secondary N) is 1. The largest absolute Gasteiger partial charge is 0.445 e. The first kappa shape index (κ1) is 15.0. The molecule has 2 heterocycles. The van der Waals surface area contributed by atoms with Crippen molar-refractivity contribution >= 4 is 23.6 Å². The number of amides is 2. The van der Waals surface area contributed by atoms with Crippen LogP contribution in [0, 0.1) is 0 Å². The van der Waals surface area contributed by atoms with E-state index >= 15 is 0 Å². The highest BCUT2D eigenvalue weighted by molar-refractivity contribution is 7.98. The van der Waals surface area contributed by atoms with Crippen molar-refractivity contribution in [2.45, 2.75) is 37.3 Å². The average molecular weight is 296 g/mol. The lowest BCUT2D eigenvalue weighted by Gasteiger charge is -2.32. The molecule has 0 saturated carbocycles. The Morgan fingerprint density at radius 2 is 2.30 bits per heavy atom. The third-order valence-electron chi connectivity index (χ3n) is 3.46. The fraction of sp³-hybridized carbons (Fsp3) is 0.571. The number of hydrogen-bond acceptors (Lipinski definition) is 4. The number of rotatable bonds is 5. The molecule has 2 amide bonds. The van der Waals surface area contributed by atoms with E-state index in [9.17, 15) is 9.59 Å². The number of thioether (sulfide) groups is 1. The summed E-state index contributed by atoms with van der Waals surface area (Å²) >= 11 is 1.45. The van der Waals surface area contributed by atoms with E-state index in [1.54, 1.807) is 12.1 Å². The van der Waals surface area contributed by atoms with Crippen molar-refractivity contribution in [3.05, 3.63) is 17.9 Å². The minimum Gasteiger partial charge on any atom is -0.445 e. The monoisotopic (exact) mass is 296 g/mol. The lowest BCUT2D eigenvalue weighted by Crippen LogP contribution is -2.47. The number of furan rings is 1. The molecule has 0 bridgehead atoms. The van der Waals surface area contributed by atoms with Gasteiger partial charge in [0, 0.05) is 25.6 Å². The van der Waals surface area contributed by atoms with Crippen molar-refractivity contribution in [2.24, 2.45) is 0 Å². The molecule has 1 aromatic rings. The van der Waals surface area contributed by atoms with Gasteiger partial charge in [-0.05, 0) is 38.2 Å². The van der Waals surface area contributed by atoms with E-state index in [-0.39, 0.29) is 17.9 Å². The van der Waals surface area contributed by atoms with Crippen LogP contribution in [0.3, 0.4) is 0 Å². The molecule has 0 unspecified atom stereocenters. The summed E-state index contributed by atoms with van der Waals surface area (Å²) in [7, 11) is 0. The molecule has 2 rings (SSSR count). The fourth-order valence-corrected chi connectivity index (χ4v) is 2.66. The van der Waals surface area contributed by atoms with Crippen LogP contribution in [0.4, 0.5) is 0 Å². The van der Waals surface area contributed by atoms with Crippen LogP contribution in [0.2, 0.25) is 0 Å². The van der Waals surface area contributed by atoms with Crippen LogP contribution in [0.15, 0.2) is 21.6 Å². The highest BCUT2D eigenvalue weighted by Crippen LogP contribution is 2.18.